The number of hydrogen-bond acceptors (Lipinski definition) is 5. The molecular weight excluding hydrogens is 306 g/mol. The van der Waals surface area contributed by atoms with Crippen molar-refractivity contribution in [1.82, 2.24) is 0 Å². The van der Waals surface area contributed by atoms with Gasteiger partial charge in [0.2, 0.25) is 0 Å². The summed E-state index contributed by atoms with van der Waals surface area (Å²) < 4.78 is 18.0. The molecule has 0 heterocycles. The largest absolute Gasteiger partial charge is 0.391 e. The summed E-state index contributed by atoms with van der Waals surface area (Å²) in [5, 5.41) is 10.4. The lowest BCUT2D eigenvalue weighted by atomic mass is 9.79. The van der Waals surface area contributed by atoms with Crippen molar-refractivity contribution in [2.24, 2.45) is 11.7 Å². The SMILES string of the molecule is CCCCOC[C@@H]1C[C@@H](O)[C@@H](N)[C@H](OCCCC)[C@H]1OCCCC. The molecule has 0 unspecified atom stereocenters. The Morgan fingerprint density at radius 3 is 2.00 bits per heavy atom. The molecule has 0 bridgehead atoms. The van der Waals surface area contributed by atoms with Crippen LogP contribution in [-0.4, -0.2) is 55.9 Å². The zero-order chi connectivity index (χ0) is 17.8. The van der Waals surface area contributed by atoms with E-state index in [1.807, 2.05) is 0 Å². The van der Waals surface area contributed by atoms with Crippen molar-refractivity contribution < 1.29 is 19.3 Å². The molecule has 0 saturated heterocycles. The van der Waals surface area contributed by atoms with E-state index in [0.717, 1.165) is 45.1 Å². The fourth-order valence-electron chi connectivity index (χ4n) is 3.12. The Morgan fingerprint density at radius 2 is 1.42 bits per heavy atom. The number of nitrogens with two attached hydrogens (primary N) is 1. The van der Waals surface area contributed by atoms with Crippen LogP contribution in [0.15, 0.2) is 0 Å². The Labute approximate surface area is 148 Å². The maximum absolute atomic E-state index is 10.4. The second kappa shape index (κ2) is 13.1. The molecule has 0 aliphatic heterocycles. The number of aliphatic hydroxyl groups is 1. The smallest absolute Gasteiger partial charge is 0.102 e. The molecule has 0 amide bonds. The molecule has 1 fully saturated rings. The lowest BCUT2D eigenvalue weighted by Crippen LogP contribution is -2.60. The van der Waals surface area contributed by atoms with Crippen LogP contribution in [0.25, 0.3) is 0 Å². The Balaban J connectivity index is 2.68. The first-order valence-electron chi connectivity index (χ1n) is 9.90. The average molecular weight is 346 g/mol. The first-order valence-corrected chi connectivity index (χ1v) is 9.90. The van der Waals surface area contributed by atoms with Crippen molar-refractivity contribution in [3.63, 3.8) is 0 Å². The van der Waals surface area contributed by atoms with E-state index in [4.69, 9.17) is 19.9 Å². The predicted octanol–water partition coefficient (Wildman–Crippen LogP) is 2.88. The zero-order valence-electron chi connectivity index (χ0n) is 15.9. The molecule has 0 aromatic rings. The highest BCUT2D eigenvalue weighted by Gasteiger charge is 2.44. The van der Waals surface area contributed by atoms with Crippen molar-refractivity contribution in [3.8, 4) is 0 Å². The zero-order valence-corrected chi connectivity index (χ0v) is 15.9. The lowest BCUT2D eigenvalue weighted by Gasteiger charge is -2.43. The molecule has 1 aliphatic carbocycles. The van der Waals surface area contributed by atoms with E-state index < -0.39 is 6.10 Å². The van der Waals surface area contributed by atoms with E-state index in [-0.39, 0.29) is 24.2 Å². The molecule has 0 radical (unpaired) electrons. The molecule has 5 heteroatoms. The van der Waals surface area contributed by atoms with Crippen LogP contribution in [0.3, 0.4) is 0 Å². The summed E-state index contributed by atoms with van der Waals surface area (Å²) in [6.45, 7) is 9.19. The van der Waals surface area contributed by atoms with Gasteiger partial charge in [-0.05, 0) is 25.7 Å². The van der Waals surface area contributed by atoms with Gasteiger partial charge in [0.15, 0.2) is 0 Å². The van der Waals surface area contributed by atoms with Crippen molar-refractivity contribution in [2.75, 3.05) is 26.4 Å². The molecule has 24 heavy (non-hydrogen) atoms. The van der Waals surface area contributed by atoms with Gasteiger partial charge in [-0.1, -0.05) is 40.0 Å². The van der Waals surface area contributed by atoms with Crippen LogP contribution >= 0.6 is 0 Å². The van der Waals surface area contributed by atoms with Gasteiger partial charge in [-0.2, -0.15) is 0 Å². The minimum Gasteiger partial charge on any atom is -0.391 e. The summed E-state index contributed by atoms with van der Waals surface area (Å²) >= 11 is 0. The van der Waals surface area contributed by atoms with Gasteiger partial charge in [-0.15, -0.1) is 0 Å². The van der Waals surface area contributed by atoms with Gasteiger partial charge in [0.25, 0.3) is 0 Å². The third-order valence-electron chi connectivity index (χ3n) is 4.75. The summed E-state index contributed by atoms with van der Waals surface area (Å²) in [5.41, 5.74) is 6.24. The molecule has 0 spiro atoms. The second-order valence-electron chi connectivity index (χ2n) is 6.95. The molecule has 3 N–H and O–H groups in total. The van der Waals surface area contributed by atoms with Crippen LogP contribution < -0.4 is 5.73 Å². The Kier molecular flexibility index (Phi) is 11.9. The molecule has 0 aromatic heterocycles. The Hall–Kier alpha value is -0.200. The normalized spacial score (nSPS) is 30.6. The van der Waals surface area contributed by atoms with Crippen molar-refractivity contribution in [1.29, 1.82) is 0 Å². The lowest BCUT2D eigenvalue weighted by molar-refractivity contribution is -0.161. The van der Waals surface area contributed by atoms with Gasteiger partial charge in [-0.3, -0.25) is 0 Å². The maximum atomic E-state index is 10.4. The maximum Gasteiger partial charge on any atom is 0.102 e. The number of ether oxygens (including phenoxy) is 3. The average Bonchev–Trinajstić information content (AvgIpc) is 2.58. The summed E-state index contributed by atoms with van der Waals surface area (Å²) in [6, 6.07) is -0.389. The molecule has 1 aliphatic rings. The second-order valence-corrected chi connectivity index (χ2v) is 6.95. The van der Waals surface area contributed by atoms with Crippen LogP contribution in [-0.2, 0) is 14.2 Å². The van der Waals surface area contributed by atoms with Gasteiger partial charge in [-0.25, -0.2) is 0 Å². The van der Waals surface area contributed by atoms with Gasteiger partial charge in [0, 0.05) is 25.7 Å². The van der Waals surface area contributed by atoms with Crippen LogP contribution in [0.1, 0.15) is 65.7 Å². The first kappa shape index (κ1) is 21.8. The number of aliphatic hydroxyl groups excluding tert-OH is 1. The van der Waals surface area contributed by atoms with Crippen LogP contribution in [0.4, 0.5) is 0 Å². The number of unbranched alkanes of at least 4 members (excludes halogenated alkanes) is 3. The van der Waals surface area contributed by atoms with Crippen molar-refractivity contribution >= 4 is 0 Å². The Morgan fingerprint density at radius 1 is 0.875 bits per heavy atom. The van der Waals surface area contributed by atoms with Crippen molar-refractivity contribution in [3.05, 3.63) is 0 Å². The van der Waals surface area contributed by atoms with E-state index in [0.29, 0.717) is 26.2 Å². The van der Waals surface area contributed by atoms with Gasteiger partial charge >= 0.3 is 0 Å². The third-order valence-corrected chi connectivity index (χ3v) is 4.75. The van der Waals surface area contributed by atoms with Crippen molar-refractivity contribution in [2.45, 2.75) is 90.1 Å². The summed E-state index contributed by atoms with van der Waals surface area (Å²) in [7, 11) is 0. The topological polar surface area (TPSA) is 73.9 Å². The minimum atomic E-state index is -0.553. The van der Waals surface area contributed by atoms with Crippen LogP contribution in [0.5, 0.6) is 0 Å². The standard InChI is InChI=1S/C19H39NO4/c1-4-7-10-22-14-15-13-16(21)17(20)19(24-12-9-6-3)18(15)23-11-8-5-2/h15-19,21H,4-14,20H2,1-3H3/t15-,16+,17+,18-,19-/m0/s1. The summed E-state index contributed by atoms with van der Waals surface area (Å²) in [6.07, 6.45) is 6.11. The fourth-order valence-corrected chi connectivity index (χ4v) is 3.12. The molecule has 0 aromatic carbocycles. The van der Waals surface area contributed by atoms with E-state index in [2.05, 4.69) is 20.8 Å². The van der Waals surface area contributed by atoms with Crippen LogP contribution in [0.2, 0.25) is 0 Å². The molecule has 144 valence electrons. The first-order chi connectivity index (χ1) is 11.7. The highest BCUT2D eigenvalue weighted by Crippen LogP contribution is 2.30. The van der Waals surface area contributed by atoms with Gasteiger partial charge < -0.3 is 25.1 Å². The monoisotopic (exact) mass is 345 g/mol. The number of hydrogen-bond donors (Lipinski definition) is 2. The van der Waals surface area contributed by atoms with Crippen LogP contribution in [0, 0.1) is 5.92 Å². The highest BCUT2D eigenvalue weighted by molar-refractivity contribution is 4.97. The minimum absolute atomic E-state index is 0.0894. The Bertz CT molecular complexity index is 303. The quantitative estimate of drug-likeness (QED) is 0.502. The molecule has 5 nitrogen and oxygen atoms in total. The van der Waals surface area contributed by atoms with E-state index >= 15 is 0 Å². The molecule has 1 rings (SSSR count). The highest BCUT2D eigenvalue weighted by atomic mass is 16.5. The fraction of sp³-hybridized carbons (Fsp3) is 1.00. The number of rotatable bonds is 13. The van der Waals surface area contributed by atoms with E-state index in [9.17, 15) is 5.11 Å². The predicted molar refractivity (Wildman–Crippen MR) is 97.1 cm³/mol. The molecular formula is C19H39NO4. The van der Waals surface area contributed by atoms with E-state index in [1.54, 1.807) is 0 Å². The molecule has 1 saturated carbocycles. The molecule has 5 atom stereocenters. The van der Waals surface area contributed by atoms with Gasteiger partial charge in [0.1, 0.15) is 6.10 Å². The third kappa shape index (κ3) is 7.36. The summed E-state index contributed by atoms with van der Waals surface area (Å²) in [4.78, 5) is 0. The summed E-state index contributed by atoms with van der Waals surface area (Å²) in [5.74, 6) is 0.139. The van der Waals surface area contributed by atoms with E-state index in [1.165, 1.54) is 0 Å². The van der Waals surface area contributed by atoms with Gasteiger partial charge in [0.05, 0.1) is 24.9 Å².